The van der Waals surface area contributed by atoms with Gasteiger partial charge in [-0.2, -0.15) is 0 Å². The Labute approximate surface area is 115 Å². The summed E-state index contributed by atoms with van der Waals surface area (Å²) in [4.78, 5) is 24.1. The average Bonchev–Trinajstić information content (AvgIpc) is 2.49. The molecule has 104 valence electrons. The van der Waals surface area contributed by atoms with Gasteiger partial charge in [0.15, 0.2) is 17.8 Å². The fourth-order valence-electron chi connectivity index (χ4n) is 1.29. The molecule has 0 aliphatic carbocycles. The lowest BCUT2D eigenvalue weighted by molar-refractivity contribution is 0.0696. The Kier molecular flexibility index (Phi) is 5.71. The van der Waals surface area contributed by atoms with E-state index in [4.69, 9.17) is 9.84 Å². The standard InChI is InChI=1S/C8H8O3.C6H5NO2/c1-11-7-4-2-3-6(5-9)8(7)10;8-6(9)5-2-1-3-7-4-5/h2-5,10H,1H3;1-4H,(H,8,9). The van der Waals surface area contributed by atoms with Gasteiger partial charge in [-0.15, -0.1) is 0 Å². The largest absolute Gasteiger partial charge is 0.504 e. The first kappa shape index (κ1) is 15.2. The van der Waals surface area contributed by atoms with Gasteiger partial charge in [0.1, 0.15) is 0 Å². The number of aromatic carboxylic acids is 1. The minimum absolute atomic E-state index is 0.106. The van der Waals surface area contributed by atoms with Gasteiger partial charge in [0.2, 0.25) is 0 Å². The van der Waals surface area contributed by atoms with Crippen LogP contribution in [0.1, 0.15) is 20.7 Å². The molecule has 2 aromatic rings. The topological polar surface area (TPSA) is 96.7 Å². The molecule has 0 aliphatic rings. The lowest BCUT2D eigenvalue weighted by Crippen LogP contribution is -1.94. The summed E-state index contributed by atoms with van der Waals surface area (Å²) in [6.45, 7) is 0. The highest BCUT2D eigenvalue weighted by atomic mass is 16.5. The number of carboxylic acid groups (broad SMARTS) is 1. The maximum Gasteiger partial charge on any atom is 0.337 e. The zero-order valence-electron chi connectivity index (χ0n) is 10.7. The summed E-state index contributed by atoms with van der Waals surface area (Å²) in [5, 5.41) is 17.6. The monoisotopic (exact) mass is 275 g/mol. The highest BCUT2D eigenvalue weighted by Crippen LogP contribution is 2.27. The van der Waals surface area contributed by atoms with Crippen LogP contribution in [-0.2, 0) is 0 Å². The maximum atomic E-state index is 10.3. The van der Waals surface area contributed by atoms with Gasteiger partial charge in [-0.25, -0.2) is 4.79 Å². The number of aldehydes is 1. The number of phenols is 1. The molecule has 6 heteroatoms. The zero-order chi connectivity index (χ0) is 15.0. The van der Waals surface area contributed by atoms with E-state index in [0.29, 0.717) is 12.0 Å². The van der Waals surface area contributed by atoms with Crippen LogP contribution in [0.2, 0.25) is 0 Å². The number of aromatic hydroxyl groups is 1. The van der Waals surface area contributed by atoms with E-state index in [2.05, 4.69) is 4.98 Å². The molecule has 0 amide bonds. The van der Waals surface area contributed by atoms with Crippen molar-refractivity contribution in [3.8, 4) is 11.5 Å². The van der Waals surface area contributed by atoms with Gasteiger partial charge < -0.3 is 14.9 Å². The third kappa shape index (κ3) is 4.09. The molecule has 0 saturated heterocycles. The summed E-state index contributed by atoms with van der Waals surface area (Å²) in [5.41, 5.74) is 0.460. The summed E-state index contributed by atoms with van der Waals surface area (Å²) in [6, 6.07) is 7.83. The molecule has 1 heterocycles. The molecule has 20 heavy (non-hydrogen) atoms. The van der Waals surface area contributed by atoms with Crippen LogP contribution < -0.4 is 4.74 Å². The van der Waals surface area contributed by atoms with Crippen LogP contribution in [0, 0.1) is 0 Å². The maximum absolute atomic E-state index is 10.3. The molecular weight excluding hydrogens is 262 g/mol. The molecule has 2 N–H and O–H groups in total. The predicted octanol–water partition coefficient (Wildman–Crippen LogP) is 1.99. The zero-order valence-corrected chi connectivity index (χ0v) is 10.7. The quantitative estimate of drug-likeness (QED) is 0.831. The number of carbonyl (C=O) groups is 2. The number of rotatable bonds is 3. The van der Waals surface area contributed by atoms with E-state index in [1.165, 1.54) is 31.6 Å². The van der Waals surface area contributed by atoms with E-state index in [-0.39, 0.29) is 16.9 Å². The van der Waals surface area contributed by atoms with E-state index in [1.54, 1.807) is 18.2 Å². The Morgan fingerprint density at radius 2 is 2.05 bits per heavy atom. The number of pyridine rings is 1. The molecule has 0 fully saturated rings. The number of methoxy groups -OCH3 is 1. The number of hydrogen-bond acceptors (Lipinski definition) is 5. The minimum atomic E-state index is -0.942. The second-order valence-electron chi connectivity index (χ2n) is 3.56. The summed E-state index contributed by atoms with van der Waals surface area (Å²) >= 11 is 0. The summed E-state index contributed by atoms with van der Waals surface area (Å²) in [6.07, 6.45) is 3.42. The van der Waals surface area contributed by atoms with E-state index in [0.717, 1.165) is 0 Å². The third-order valence-electron chi connectivity index (χ3n) is 2.29. The Morgan fingerprint density at radius 3 is 2.50 bits per heavy atom. The fraction of sp³-hybridized carbons (Fsp3) is 0.0714. The highest BCUT2D eigenvalue weighted by molar-refractivity contribution is 5.86. The van der Waals surface area contributed by atoms with Gasteiger partial charge in [-0.3, -0.25) is 9.78 Å². The molecule has 6 nitrogen and oxygen atoms in total. The second-order valence-corrected chi connectivity index (χ2v) is 3.56. The van der Waals surface area contributed by atoms with Crippen LogP contribution in [-0.4, -0.2) is 34.6 Å². The molecule has 1 aromatic heterocycles. The van der Waals surface area contributed by atoms with Gasteiger partial charge in [0, 0.05) is 12.4 Å². The molecule has 1 aromatic carbocycles. The van der Waals surface area contributed by atoms with Crippen molar-refractivity contribution in [2.24, 2.45) is 0 Å². The normalized spacial score (nSPS) is 9.05. The van der Waals surface area contributed by atoms with Crippen LogP contribution in [0.4, 0.5) is 0 Å². The van der Waals surface area contributed by atoms with Crippen molar-refractivity contribution >= 4 is 12.3 Å². The van der Waals surface area contributed by atoms with E-state index in [9.17, 15) is 14.7 Å². The van der Waals surface area contributed by atoms with Gasteiger partial charge >= 0.3 is 5.97 Å². The smallest absolute Gasteiger partial charge is 0.337 e. The molecule has 0 atom stereocenters. The first-order valence-corrected chi connectivity index (χ1v) is 5.54. The number of nitrogens with zero attached hydrogens (tertiary/aromatic N) is 1. The van der Waals surface area contributed by atoms with E-state index < -0.39 is 5.97 Å². The van der Waals surface area contributed by atoms with Crippen LogP contribution in [0.5, 0.6) is 11.5 Å². The molecular formula is C14H13NO5. The Balaban J connectivity index is 0.000000204. The molecule has 0 spiro atoms. The van der Waals surface area contributed by atoms with Gasteiger partial charge in [0.25, 0.3) is 0 Å². The Bertz CT molecular complexity index is 583. The SMILES string of the molecule is COc1cccc(C=O)c1O.O=C(O)c1cccnc1. The number of ether oxygens (including phenoxy) is 1. The van der Waals surface area contributed by atoms with Crippen LogP contribution in [0.15, 0.2) is 42.7 Å². The molecule has 0 aliphatic heterocycles. The number of benzene rings is 1. The van der Waals surface area contributed by atoms with Crippen molar-refractivity contribution in [2.45, 2.75) is 0 Å². The van der Waals surface area contributed by atoms with Crippen molar-refractivity contribution in [1.82, 2.24) is 4.98 Å². The first-order chi connectivity index (χ1) is 9.60. The van der Waals surface area contributed by atoms with Crippen LogP contribution in [0.25, 0.3) is 0 Å². The number of aromatic nitrogens is 1. The fourth-order valence-corrected chi connectivity index (χ4v) is 1.29. The second kappa shape index (κ2) is 7.52. The molecule has 0 bridgehead atoms. The number of hydrogen-bond donors (Lipinski definition) is 2. The van der Waals surface area contributed by atoms with Gasteiger partial charge in [-0.05, 0) is 24.3 Å². The van der Waals surface area contributed by atoms with Gasteiger partial charge in [-0.1, -0.05) is 6.07 Å². The first-order valence-electron chi connectivity index (χ1n) is 5.54. The van der Waals surface area contributed by atoms with Crippen molar-refractivity contribution < 1.29 is 24.5 Å². The van der Waals surface area contributed by atoms with Crippen LogP contribution in [0.3, 0.4) is 0 Å². The van der Waals surface area contributed by atoms with Crippen molar-refractivity contribution in [1.29, 1.82) is 0 Å². The number of phenolic OH excluding ortho intramolecular Hbond substituents is 1. The lowest BCUT2D eigenvalue weighted by Gasteiger charge is -2.02. The number of para-hydroxylation sites is 1. The highest BCUT2D eigenvalue weighted by Gasteiger charge is 2.04. The molecule has 2 rings (SSSR count). The molecule has 0 radical (unpaired) electrons. The van der Waals surface area contributed by atoms with E-state index >= 15 is 0 Å². The number of carbonyl (C=O) groups excluding carboxylic acids is 1. The predicted molar refractivity (Wildman–Crippen MR) is 71.2 cm³/mol. The van der Waals surface area contributed by atoms with Crippen molar-refractivity contribution in [3.63, 3.8) is 0 Å². The summed E-state index contributed by atoms with van der Waals surface area (Å²) in [7, 11) is 1.43. The summed E-state index contributed by atoms with van der Waals surface area (Å²) < 4.78 is 4.78. The molecule has 0 unspecified atom stereocenters. The Morgan fingerprint density at radius 1 is 1.30 bits per heavy atom. The van der Waals surface area contributed by atoms with Crippen molar-refractivity contribution in [2.75, 3.05) is 7.11 Å². The lowest BCUT2D eigenvalue weighted by atomic mass is 10.2. The minimum Gasteiger partial charge on any atom is -0.504 e. The van der Waals surface area contributed by atoms with Gasteiger partial charge in [0.05, 0.1) is 18.2 Å². The third-order valence-corrected chi connectivity index (χ3v) is 2.29. The van der Waals surface area contributed by atoms with E-state index in [1.807, 2.05) is 0 Å². The van der Waals surface area contributed by atoms with Crippen molar-refractivity contribution in [3.05, 3.63) is 53.9 Å². The Hall–Kier alpha value is -2.89. The number of carboxylic acids is 1. The summed E-state index contributed by atoms with van der Waals surface area (Å²) in [5.74, 6) is -0.734. The molecule has 0 saturated carbocycles. The van der Waals surface area contributed by atoms with Crippen LogP contribution >= 0.6 is 0 Å². The average molecular weight is 275 g/mol.